The number of rotatable bonds is 5. The van der Waals surface area contributed by atoms with Crippen molar-refractivity contribution < 1.29 is 9.53 Å². The number of amides is 1. The Hall–Kier alpha value is -2.11. The number of anilines is 2. The van der Waals surface area contributed by atoms with Gasteiger partial charge in [0.2, 0.25) is 5.91 Å². The van der Waals surface area contributed by atoms with Gasteiger partial charge in [-0.1, -0.05) is 23.7 Å². The van der Waals surface area contributed by atoms with Crippen molar-refractivity contribution in [2.75, 3.05) is 12.4 Å². The van der Waals surface area contributed by atoms with Crippen LogP contribution in [-0.2, 0) is 4.74 Å². The second kappa shape index (κ2) is 6.56. The average molecular weight is 306 g/mol. The molecule has 0 saturated heterocycles. The van der Waals surface area contributed by atoms with Gasteiger partial charge in [-0.05, 0) is 30.7 Å². The van der Waals surface area contributed by atoms with Gasteiger partial charge in [-0.15, -0.1) is 0 Å². The lowest BCUT2D eigenvalue weighted by Crippen LogP contribution is -2.11. The summed E-state index contributed by atoms with van der Waals surface area (Å²) in [5.74, 6) is -0.101. The van der Waals surface area contributed by atoms with Crippen LogP contribution in [0.5, 0.6) is 0 Å². The third-order valence-corrected chi connectivity index (χ3v) is 3.39. The first-order valence-corrected chi connectivity index (χ1v) is 6.74. The van der Waals surface area contributed by atoms with Crippen molar-refractivity contribution in [2.24, 2.45) is 5.73 Å². The Bertz CT molecular complexity index is 661. The number of halogens is 1. The molecule has 0 fully saturated rings. The Morgan fingerprint density at radius 2 is 2.19 bits per heavy atom. The summed E-state index contributed by atoms with van der Waals surface area (Å²) in [6.07, 6.45) is 1.38. The summed E-state index contributed by atoms with van der Waals surface area (Å²) in [6.45, 7) is 1.96. The molecule has 0 aliphatic carbocycles. The summed E-state index contributed by atoms with van der Waals surface area (Å²) in [5.41, 5.74) is 7.32. The number of methoxy groups -OCH3 is 1. The van der Waals surface area contributed by atoms with Crippen molar-refractivity contribution in [1.29, 1.82) is 0 Å². The number of nitrogens with two attached hydrogens (primary N) is 1. The Balaban J connectivity index is 2.24. The van der Waals surface area contributed by atoms with Crippen LogP contribution in [0.3, 0.4) is 0 Å². The first-order chi connectivity index (χ1) is 10.0. The van der Waals surface area contributed by atoms with Crippen molar-refractivity contribution in [3.8, 4) is 0 Å². The van der Waals surface area contributed by atoms with Crippen LogP contribution in [0.25, 0.3) is 0 Å². The zero-order valence-electron chi connectivity index (χ0n) is 11.8. The molecule has 1 aromatic carbocycles. The van der Waals surface area contributed by atoms with E-state index in [9.17, 15) is 4.79 Å². The van der Waals surface area contributed by atoms with Gasteiger partial charge in [0.05, 0.1) is 16.7 Å². The molecule has 2 rings (SSSR count). The number of hydrogen-bond donors (Lipinski definition) is 2. The van der Waals surface area contributed by atoms with Gasteiger partial charge >= 0.3 is 0 Å². The van der Waals surface area contributed by atoms with E-state index in [-0.39, 0.29) is 11.7 Å². The van der Waals surface area contributed by atoms with Gasteiger partial charge in [-0.3, -0.25) is 4.79 Å². The second-order valence-corrected chi connectivity index (χ2v) is 4.95. The predicted octanol–water partition coefficient (Wildman–Crippen LogP) is 3.28. The highest BCUT2D eigenvalue weighted by Gasteiger charge is 2.09. The largest absolute Gasteiger partial charge is 0.377 e. The van der Waals surface area contributed by atoms with E-state index in [1.54, 1.807) is 7.11 Å². The number of carbonyl (C=O) groups excluding carboxylic acids is 1. The number of carbonyl (C=O) groups is 1. The van der Waals surface area contributed by atoms with Gasteiger partial charge in [-0.25, -0.2) is 4.98 Å². The molecule has 2 aromatic rings. The fourth-order valence-electron chi connectivity index (χ4n) is 1.81. The van der Waals surface area contributed by atoms with Crippen molar-refractivity contribution in [3.63, 3.8) is 0 Å². The Kier molecular flexibility index (Phi) is 4.77. The molecule has 6 heteroatoms. The highest BCUT2D eigenvalue weighted by Crippen LogP contribution is 2.26. The fourth-order valence-corrected chi connectivity index (χ4v) is 2.02. The van der Waals surface area contributed by atoms with Gasteiger partial charge < -0.3 is 15.8 Å². The maximum absolute atomic E-state index is 11.1. The number of nitrogens with one attached hydrogen (secondary N) is 1. The maximum atomic E-state index is 11.1. The van der Waals surface area contributed by atoms with E-state index in [4.69, 9.17) is 22.1 Å². The van der Waals surface area contributed by atoms with Crippen LogP contribution < -0.4 is 11.1 Å². The van der Waals surface area contributed by atoms with E-state index in [0.29, 0.717) is 10.8 Å². The zero-order chi connectivity index (χ0) is 15.4. The molecular formula is C15H16ClN3O2. The number of primary amides is 1. The van der Waals surface area contributed by atoms with E-state index in [2.05, 4.69) is 10.3 Å². The molecule has 0 saturated carbocycles. The van der Waals surface area contributed by atoms with E-state index in [1.165, 1.54) is 12.3 Å². The van der Waals surface area contributed by atoms with Crippen molar-refractivity contribution in [2.45, 2.75) is 13.0 Å². The molecule has 0 radical (unpaired) electrons. The van der Waals surface area contributed by atoms with E-state index in [1.807, 2.05) is 31.2 Å². The molecule has 0 aliphatic rings. The number of pyridine rings is 1. The zero-order valence-corrected chi connectivity index (χ0v) is 12.5. The van der Waals surface area contributed by atoms with Crippen LogP contribution in [0, 0.1) is 0 Å². The molecule has 1 unspecified atom stereocenters. The molecule has 3 N–H and O–H groups in total. The van der Waals surface area contributed by atoms with Gasteiger partial charge in [0.15, 0.2) is 0 Å². The second-order valence-electron chi connectivity index (χ2n) is 4.55. The molecule has 1 amide bonds. The van der Waals surface area contributed by atoms with Crippen LogP contribution in [0.4, 0.5) is 11.5 Å². The predicted molar refractivity (Wildman–Crippen MR) is 82.9 cm³/mol. The molecule has 21 heavy (non-hydrogen) atoms. The molecule has 0 bridgehead atoms. The minimum Gasteiger partial charge on any atom is -0.377 e. The summed E-state index contributed by atoms with van der Waals surface area (Å²) in [5, 5.41) is 3.44. The monoisotopic (exact) mass is 305 g/mol. The average Bonchev–Trinajstić information content (AvgIpc) is 2.48. The summed E-state index contributed by atoms with van der Waals surface area (Å²) >= 11 is 6.10. The van der Waals surface area contributed by atoms with Gasteiger partial charge in [-0.2, -0.15) is 0 Å². The van der Waals surface area contributed by atoms with Crippen LogP contribution in [0.1, 0.15) is 28.9 Å². The first-order valence-electron chi connectivity index (χ1n) is 6.36. The van der Waals surface area contributed by atoms with Crippen LogP contribution in [0.15, 0.2) is 36.5 Å². The summed E-state index contributed by atoms with van der Waals surface area (Å²) in [4.78, 5) is 15.2. The third-order valence-electron chi connectivity index (χ3n) is 3.10. The standard InChI is InChI=1S/C15H16ClN3O2/c1-9(21-2)10-4-3-5-12(6-10)19-15-13(16)7-11(8-18-15)14(17)20/h3-9H,1-2H3,(H2,17,20)(H,18,19). The molecule has 1 heterocycles. The lowest BCUT2D eigenvalue weighted by Gasteiger charge is -2.13. The van der Waals surface area contributed by atoms with Crippen LogP contribution in [0.2, 0.25) is 5.02 Å². The van der Waals surface area contributed by atoms with E-state index in [0.717, 1.165) is 11.3 Å². The first kappa shape index (κ1) is 15.3. The molecular weight excluding hydrogens is 290 g/mol. The van der Waals surface area contributed by atoms with Crippen molar-refractivity contribution >= 4 is 29.0 Å². The summed E-state index contributed by atoms with van der Waals surface area (Å²) < 4.78 is 5.29. The molecule has 0 aliphatic heterocycles. The Morgan fingerprint density at radius 3 is 2.81 bits per heavy atom. The highest BCUT2D eigenvalue weighted by molar-refractivity contribution is 6.33. The normalized spacial score (nSPS) is 12.0. The smallest absolute Gasteiger partial charge is 0.250 e. The highest BCUT2D eigenvalue weighted by atomic mass is 35.5. The maximum Gasteiger partial charge on any atom is 0.250 e. The number of benzene rings is 1. The molecule has 1 atom stereocenters. The van der Waals surface area contributed by atoms with Gasteiger partial charge in [0.1, 0.15) is 5.82 Å². The number of hydrogen-bond acceptors (Lipinski definition) is 4. The minimum absolute atomic E-state index is 0.00702. The van der Waals surface area contributed by atoms with E-state index < -0.39 is 5.91 Å². The molecule has 1 aromatic heterocycles. The molecule has 5 nitrogen and oxygen atoms in total. The van der Waals surface area contributed by atoms with Crippen LogP contribution >= 0.6 is 11.6 Å². The van der Waals surface area contributed by atoms with E-state index >= 15 is 0 Å². The fraction of sp³-hybridized carbons (Fsp3) is 0.200. The SMILES string of the molecule is COC(C)c1cccc(Nc2ncc(C(N)=O)cc2Cl)c1. The number of aromatic nitrogens is 1. The van der Waals surface area contributed by atoms with Gasteiger partial charge in [0, 0.05) is 19.0 Å². The summed E-state index contributed by atoms with van der Waals surface area (Å²) in [7, 11) is 1.66. The quantitative estimate of drug-likeness (QED) is 0.888. The minimum atomic E-state index is -0.563. The van der Waals surface area contributed by atoms with Crippen molar-refractivity contribution in [3.05, 3.63) is 52.7 Å². The van der Waals surface area contributed by atoms with Gasteiger partial charge in [0.25, 0.3) is 0 Å². The summed E-state index contributed by atoms with van der Waals surface area (Å²) in [6, 6.07) is 9.23. The Morgan fingerprint density at radius 1 is 1.43 bits per heavy atom. The van der Waals surface area contributed by atoms with Crippen LogP contribution in [-0.4, -0.2) is 18.0 Å². The third kappa shape index (κ3) is 3.71. The van der Waals surface area contributed by atoms with Crippen molar-refractivity contribution in [1.82, 2.24) is 4.98 Å². The topological polar surface area (TPSA) is 77.2 Å². The molecule has 110 valence electrons. The molecule has 0 spiro atoms. The Labute approximate surface area is 128 Å². The number of ether oxygens (including phenoxy) is 1. The number of nitrogens with zero attached hydrogens (tertiary/aromatic N) is 1. The lowest BCUT2D eigenvalue weighted by atomic mass is 10.1. The lowest BCUT2D eigenvalue weighted by molar-refractivity contribution is 0.1000.